The number of esters is 1. The Morgan fingerprint density at radius 1 is 1.00 bits per heavy atom. The van der Waals surface area contributed by atoms with Crippen molar-refractivity contribution in [2.24, 2.45) is 0 Å². The molecule has 0 fully saturated rings. The van der Waals surface area contributed by atoms with Gasteiger partial charge in [-0.15, -0.1) is 0 Å². The van der Waals surface area contributed by atoms with Crippen LogP contribution in [-0.4, -0.2) is 40.3 Å². The lowest BCUT2D eigenvalue weighted by Gasteiger charge is -2.19. The number of benzene rings is 2. The number of carbonyl (C=O) groups excluding carboxylic acids is 1. The van der Waals surface area contributed by atoms with Gasteiger partial charge in [0.1, 0.15) is 30.1 Å². The van der Waals surface area contributed by atoms with Crippen LogP contribution < -0.4 is 15.2 Å². The van der Waals surface area contributed by atoms with E-state index in [0.717, 1.165) is 19.3 Å². The number of aromatic nitrogens is 3. The highest BCUT2D eigenvalue weighted by Crippen LogP contribution is 2.36. The second-order valence-electron chi connectivity index (χ2n) is 8.36. The Morgan fingerprint density at radius 3 is 2.53 bits per heavy atom. The summed E-state index contributed by atoms with van der Waals surface area (Å²) in [7, 11) is 0. The highest BCUT2D eigenvalue weighted by molar-refractivity contribution is 6.09. The highest BCUT2D eigenvalue weighted by atomic mass is 16.6. The van der Waals surface area contributed by atoms with Gasteiger partial charge in [0.05, 0.1) is 23.3 Å². The molecule has 0 saturated heterocycles. The molecular formula is C26H28N4O4. The Morgan fingerprint density at radius 2 is 1.74 bits per heavy atom. The summed E-state index contributed by atoms with van der Waals surface area (Å²) in [6.45, 7) is 3.50. The van der Waals surface area contributed by atoms with E-state index in [0.29, 0.717) is 59.2 Å². The molecule has 1 aliphatic rings. The minimum Gasteiger partial charge on any atom is -0.486 e. The molecule has 0 saturated carbocycles. The number of anilines is 1. The maximum Gasteiger partial charge on any atom is 0.344 e. The number of nitrogens with zero attached hydrogens (tertiary/aromatic N) is 3. The Hall–Kier alpha value is -3.81. The largest absolute Gasteiger partial charge is 0.486 e. The molecule has 8 heteroatoms. The van der Waals surface area contributed by atoms with Gasteiger partial charge in [0.15, 0.2) is 17.1 Å². The van der Waals surface area contributed by atoms with Crippen LogP contribution in [0, 0.1) is 0 Å². The van der Waals surface area contributed by atoms with Gasteiger partial charge in [-0.1, -0.05) is 44.7 Å². The van der Waals surface area contributed by atoms with Crippen molar-refractivity contribution >= 4 is 34.0 Å². The van der Waals surface area contributed by atoms with Crippen LogP contribution in [0.4, 0.5) is 5.82 Å². The monoisotopic (exact) mass is 460 g/mol. The quantitative estimate of drug-likeness (QED) is 0.290. The van der Waals surface area contributed by atoms with E-state index < -0.39 is 5.97 Å². The van der Waals surface area contributed by atoms with Gasteiger partial charge in [-0.2, -0.15) is 0 Å². The predicted molar refractivity (Wildman–Crippen MR) is 131 cm³/mol. The molecule has 2 N–H and O–H groups in total. The van der Waals surface area contributed by atoms with E-state index >= 15 is 0 Å². The minimum atomic E-state index is -0.487. The average Bonchev–Trinajstić information content (AvgIpc) is 3.14. The average molecular weight is 461 g/mol. The van der Waals surface area contributed by atoms with Crippen LogP contribution in [0.15, 0.2) is 42.5 Å². The summed E-state index contributed by atoms with van der Waals surface area (Å²) in [5.41, 5.74) is 9.81. The fourth-order valence-electron chi connectivity index (χ4n) is 4.24. The van der Waals surface area contributed by atoms with Crippen LogP contribution in [0.2, 0.25) is 0 Å². The van der Waals surface area contributed by atoms with Crippen LogP contribution in [0.1, 0.15) is 49.4 Å². The Bertz CT molecular complexity index is 1350. The van der Waals surface area contributed by atoms with E-state index in [1.165, 1.54) is 12.8 Å². The second-order valence-corrected chi connectivity index (χ2v) is 8.36. The fraction of sp³-hybridized carbons (Fsp3) is 0.346. The molecule has 34 heavy (non-hydrogen) atoms. The first-order valence-corrected chi connectivity index (χ1v) is 11.8. The number of unbranched alkanes of at least 4 members (excludes halogenated alkanes) is 4. The zero-order valence-electron chi connectivity index (χ0n) is 19.3. The number of ether oxygens (including phenoxy) is 3. The van der Waals surface area contributed by atoms with E-state index in [1.807, 2.05) is 42.5 Å². The Labute approximate surface area is 197 Å². The SMILES string of the molecule is CCCCCCCOC(=O)c1c(N)n(-c2ccc3c(c2)OCCO3)c2nc3ccccc3nc12. The third kappa shape index (κ3) is 4.11. The van der Waals surface area contributed by atoms with Crippen LogP contribution in [0.3, 0.4) is 0 Å². The Kier molecular flexibility index (Phi) is 6.20. The van der Waals surface area contributed by atoms with Crippen LogP contribution in [0.5, 0.6) is 11.5 Å². The van der Waals surface area contributed by atoms with Crippen LogP contribution in [-0.2, 0) is 4.74 Å². The summed E-state index contributed by atoms with van der Waals surface area (Å²) in [4.78, 5) is 22.7. The molecule has 0 spiro atoms. The molecule has 176 valence electrons. The standard InChI is InChI=1S/C26H28N4O4/c1-2-3-4-5-8-13-34-26(31)22-23-25(29-19-10-7-6-9-18(19)28-23)30(24(22)27)17-11-12-20-21(16-17)33-15-14-32-20/h6-7,9-12,16H,2-5,8,13-15,27H2,1H3. The van der Waals surface area contributed by atoms with Gasteiger partial charge in [0.2, 0.25) is 0 Å². The van der Waals surface area contributed by atoms with Gasteiger partial charge in [0, 0.05) is 6.07 Å². The molecule has 3 heterocycles. The van der Waals surface area contributed by atoms with Crippen LogP contribution >= 0.6 is 0 Å². The zero-order valence-corrected chi connectivity index (χ0v) is 19.3. The molecule has 0 atom stereocenters. The molecule has 8 nitrogen and oxygen atoms in total. The first-order chi connectivity index (χ1) is 16.7. The molecular weight excluding hydrogens is 432 g/mol. The third-order valence-corrected chi connectivity index (χ3v) is 5.97. The summed E-state index contributed by atoms with van der Waals surface area (Å²) in [6, 6.07) is 13.1. The number of nitrogen functional groups attached to an aromatic ring is 1. The molecule has 2 aromatic carbocycles. The van der Waals surface area contributed by atoms with Crippen molar-refractivity contribution in [3.05, 3.63) is 48.0 Å². The molecule has 0 amide bonds. The lowest BCUT2D eigenvalue weighted by Crippen LogP contribution is -2.15. The molecule has 4 aromatic rings. The van der Waals surface area contributed by atoms with E-state index in [9.17, 15) is 4.79 Å². The second kappa shape index (κ2) is 9.59. The van der Waals surface area contributed by atoms with Gasteiger partial charge < -0.3 is 19.9 Å². The molecule has 5 rings (SSSR count). The van der Waals surface area contributed by atoms with Crippen molar-refractivity contribution in [1.29, 1.82) is 0 Å². The third-order valence-electron chi connectivity index (χ3n) is 5.97. The van der Waals surface area contributed by atoms with Crippen molar-refractivity contribution in [3.63, 3.8) is 0 Å². The normalized spacial score (nSPS) is 12.9. The van der Waals surface area contributed by atoms with Crippen molar-refractivity contribution in [1.82, 2.24) is 14.5 Å². The molecule has 0 aliphatic carbocycles. The van der Waals surface area contributed by atoms with Crippen molar-refractivity contribution in [2.45, 2.75) is 39.0 Å². The summed E-state index contributed by atoms with van der Waals surface area (Å²) in [6.07, 6.45) is 5.34. The van der Waals surface area contributed by atoms with E-state index in [-0.39, 0.29) is 11.4 Å². The summed E-state index contributed by atoms with van der Waals surface area (Å²) < 4.78 is 18.7. The topological polar surface area (TPSA) is 101 Å². The molecule has 0 radical (unpaired) electrons. The first-order valence-electron chi connectivity index (χ1n) is 11.8. The van der Waals surface area contributed by atoms with E-state index in [1.54, 1.807) is 4.57 Å². The van der Waals surface area contributed by atoms with Gasteiger partial charge >= 0.3 is 5.97 Å². The smallest absolute Gasteiger partial charge is 0.344 e. The van der Waals surface area contributed by atoms with Gasteiger partial charge in [-0.05, 0) is 30.7 Å². The van der Waals surface area contributed by atoms with Crippen molar-refractivity contribution < 1.29 is 19.0 Å². The summed E-state index contributed by atoms with van der Waals surface area (Å²) in [5, 5.41) is 0. The number of carbonyl (C=O) groups is 1. The summed E-state index contributed by atoms with van der Waals surface area (Å²) in [5.74, 6) is 1.04. The Balaban J connectivity index is 1.56. The van der Waals surface area contributed by atoms with E-state index in [4.69, 9.17) is 29.9 Å². The zero-order chi connectivity index (χ0) is 23.5. The van der Waals surface area contributed by atoms with Gasteiger partial charge in [0.25, 0.3) is 0 Å². The maximum absolute atomic E-state index is 13.2. The lowest BCUT2D eigenvalue weighted by atomic mass is 10.2. The molecule has 0 bridgehead atoms. The summed E-state index contributed by atoms with van der Waals surface area (Å²) >= 11 is 0. The van der Waals surface area contributed by atoms with E-state index in [2.05, 4.69) is 6.92 Å². The van der Waals surface area contributed by atoms with Gasteiger partial charge in [-0.3, -0.25) is 4.57 Å². The number of nitrogens with two attached hydrogens (primary N) is 1. The number of rotatable bonds is 8. The van der Waals surface area contributed by atoms with Gasteiger partial charge in [-0.25, -0.2) is 14.8 Å². The molecule has 1 aliphatic heterocycles. The molecule has 2 aromatic heterocycles. The highest BCUT2D eigenvalue weighted by Gasteiger charge is 2.26. The predicted octanol–water partition coefficient (Wildman–Crippen LogP) is 5.05. The maximum atomic E-state index is 13.2. The number of para-hydroxylation sites is 2. The number of fused-ring (bicyclic) bond motifs is 3. The molecule has 0 unspecified atom stereocenters. The lowest BCUT2D eigenvalue weighted by molar-refractivity contribution is 0.0501. The van der Waals surface area contributed by atoms with Crippen LogP contribution in [0.25, 0.3) is 27.9 Å². The first kappa shape index (κ1) is 22.0. The van der Waals surface area contributed by atoms with Crippen molar-refractivity contribution in [3.8, 4) is 17.2 Å². The number of hydrogen-bond acceptors (Lipinski definition) is 7. The van der Waals surface area contributed by atoms with Crippen molar-refractivity contribution in [2.75, 3.05) is 25.6 Å². The number of hydrogen-bond donors (Lipinski definition) is 1. The fourth-order valence-corrected chi connectivity index (χ4v) is 4.24. The minimum absolute atomic E-state index is 0.233.